The Labute approximate surface area is 116 Å². The average molecular weight is 262 g/mol. The molecule has 1 saturated heterocycles. The fourth-order valence-corrected chi connectivity index (χ4v) is 3.32. The summed E-state index contributed by atoms with van der Waals surface area (Å²) in [6.07, 6.45) is 9.30. The molecule has 19 heavy (non-hydrogen) atoms. The Balaban J connectivity index is 1.72. The standard InChI is InChI=1S/C15H26N4/c1-3-7-19-11-16-10-14(19)15-12(6-8-18(15)2)9-17-13-4-5-13/h10-13,15,17H,3-9H2,1-2H3. The van der Waals surface area contributed by atoms with Crippen molar-refractivity contribution in [1.82, 2.24) is 19.8 Å². The van der Waals surface area contributed by atoms with Gasteiger partial charge in [-0.05, 0) is 45.2 Å². The minimum atomic E-state index is 0.542. The highest BCUT2D eigenvalue weighted by molar-refractivity contribution is 5.10. The summed E-state index contributed by atoms with van der Waals surface area (Å²) in [6.45, 7) is 5.69. The fourth-order valence-electron chi connectivity index (χ4n) is 3.32. The molecule has 0 aromatic carbocycles. The lowest BCUT2D eigenvalue weighted by Crippen LogP contribution is -2.30. The quantitative estimate of drug-likeness (QED) is 0.851. The first-order valence-electron chi connectivity index (χ1n) is 7.73. The molecule has 1 aliphatic carbocycles. The lowest BCUT2D eigenvalue weighted by atomic mass is 9.97. The second-order valence-corrected chi connectivity index (χ2v) is 6.17. The minimum Gasteiger partial charge on any atom is -0.333 e. The molecule has 2 unspecified atom stereocenters. The Morgan fingerprint density at radius 2 is 2.21 bits per heavy atom. The Hall–Kier alpha value is -0.870. The SMILES string of the molecule is CCCn1cncc1C1C(CNC2CC2)CCN1C. The molecule has 1 aromatic rings. The molecule has 4 nitrogen and oxygen atoms in total. The Morgan fingerprint density at radius 3 is 2.95 bits per heavy atom. The fraction of sp³-hybridized carbons (Fsp3) is 0.800. The van der Waals surface area contributed by atoms with Crippen LogP contribution in [0.1, 0.15) is 44.3 Å². The van der Waals surface area contributed by atoms with Crippen molar-refractivity contribution < 1.29 is 0 Å². The van der Waals surface area contributed by atoms with Gasteiger partial charge in [0.2, 0.25) is 0 Å². The van der Waals surface area contributed by atoms with Gasteiger partial charge in [-0.2, -0.15) is 0 Å². The van der Waals surface area contributed by atoms with Gasteiger partial charge in [0.1, 0.15) is 0 Å². The third-order valence-corrected chi connectivity index (χ3v) is 4.53. The number of imidazole rings is 1. The molecule has 0 spiro atoms. The minimum absolute atomic E-state index is 0.542. The van der Waals surface area contributed by atoms with Crippen molar-refractivity contribution in [2.45, 2.75) is 51.2 Å². The maximum absolute atomic E-state index is 4.38. The van der Waals surface area contributed by atoms with Gasteiger partial charge in [-0.15, -0.1) is 0 Å². The molecule has 4 heteroatoms. The number of nitrogens with one attached hydrogen (secondary N) is 1. The van der Waals surface area contributed by atoms with Gasteiger partial charge in [0.15, 0.2) is 0 Å². The third-order valence-electron chi connectivity index (χ3n) is 4.53. The molecule has 3 rings (SSSR count). The van der Waals surface area contributed by atoms with Gasteiger partial charge in [0.25, 0.3) is 0 Å². The summed E-state index contributed by atoms with van der Waals surface area (Å²) < 4.78 is 2.34. The predicted octanol–water partition coefficient (Wildman–Crippen LogP) is 2.04. The highest BCUT2D eigenvalue weighted by Gasteiger charge is 2.35. The van der Waals surface area contributed by atoms with Gasteiger partial charge in [0.05, 0.1) is 18.1 Å². The van der Waals surface area contributed by atoms with E-state index < -0.39 is 0 Å². The van der Waals surface area contributed by atoms with Crippen LogP contribution in [0.15, 0.2) is 12.5 Å². The molecular formula is C15H26N4. The summed E-state index contributed by atoms with van der Waals surface area (Å²) in [5.74, 6) is 0.734. The largest absolute Gasteiger partial charge is 0.333 e. The van der Waals surface area contributed by atoms with Crippen molar-refractivity contribution in [3.05, 3.63) is 18.2 Å². The van der Waals surface area contributed by atoms with Gasteiger partial charge >= 0.3 is 0 Å². The van der Waals surface area contributed by atoms with Crippen molar-refractivity contribution in [2.75, 3.05) is 20.1 Å². The van der Waals surface area contributed by atoms with Crippen molar-refractivity contribution in [1.29, 1.82) is 0 Å². The van der Waals surface area contributed by atoms with Crippen LogP contribution in [0.2, 0.25) is 0 Å². The second-order valence-electron chi connectivity index (χ2n) is 6.17. The first-order chi connectivity index (χ1) is 9.29. The van der Waals surface area contributed by atoms with Crippen molar-refractivity contribution >= 4 is 0 Å². The molecule has 1 saturated carbocycles. The first kappa shape index (κ1) is 13.1. The van der Waals surface area contributed by atoms with E-state index in [4.69, 9.17) is 0 Å². The van der Waals surface area contributed by atoms with E-state index in [9.17, 15) is 0 Å². The summed E-state index contributed by atoms with van der Waals surface area (Å²) in [7, 11) is 2.26. The Morgan fingerprint density at radius 1 is 1.37 bits per heavy atom. The molecular weight excluding hydrogens is 236 g/mol. The number of aryl methyl sites for hydroxylation is 1. The molecule has 2 heterocycles. The van der Waals surface area contributed by atoms with Crippen molar-refractivity contribution in [3.8, 4) is 0 Å². The summed E-state index contributed by atoms with van der Waals surface area (Å²) in [6, 6.07) is 1.35. The Bertz CT molecular complexity index is 410. The summed E-state index contributed by atoms with van der Waals surface area (Å²) >= 11 is 0. The van der Waals surface area contributed by atoms with E-state index in [0.29, 0.717) is 6.04 Å². The van der Waals surface area contributed by atoms with Crippen LogP contribution in [-0.4, -0.2) is 40.6 Å². The van der Waals surface area contributed by atoms with Crippen LogP contribution in [0.5, 0.6) is 0 Å². The number of rotatable bonds is 6. The zero-order valence-corrected chi connectivity index (χ0v) is 12.2. The van der Waals surface area contributed by atoms with Crippen LogP contribution in [0, 0.1) is 5.92 Å². The van der Waals surface area contributed by atoms with Gasteiger partial charge in [-0.3, -0.25) is 4.90 Å². The molecule has 0 radical (unpaired) electrons. The first-order valence-corrected chi connectivity index (χ1v) is 7.73. The van der Waals surface area contributed by atoms with Crippen molar-refractivity contribution in [3.63, 3.8) is 0 Å². The van der Waals surface area contributed by atoms with E-state index >= 15 is 0 Å². The van der Waals surface area contributed by atoms with E-state index in [1.165, 1.54) is 37.9 Å². The maximum atomic E-state index is 4.38. The van der Waals surface area contributed by atoms with Crippen LogP contribution in [0.4, 0.5) is 0 Å². The van der Waals surface area contributed by atoms with E-state index in [1.54, 1.807) is 0 Å². The lowest BCUT2D eigenvalue weighted by molar-refractivity contribution is 0.259. The molecule has 0 bridgehead atoms. The topological polar surface area (TPSA) is 33.1 Å². The number of likely N-dealkylation sites (tertiary alicyclic amines) is 1. The smallest absolute Gasteiger partial charge is 0.0948 e. The molecule has 106 valence electrons. The zero-order chi connectivity index (χ0) is 13.2. The highest BCUT2D eigenvalue weighted by Crippen LogP contribution is 2.36. The molecule has 1 aromatic heterocycles. The van der Waals surface area contributed by atoms with Gasteiger partial charge in [-0.1, -0.05) is 6.92 Å². The predicted molar refractivity (Wildman–Crippen MR) is 77.0 cm³/mol. The van der Waals surface area contributed by atoms with E-state index in [-0.39, 0.29) is 0 Å². The van der Waals surface area contributed by atoms with Crippen LogP contribution >= 0.6 is 0 Å². The number of hydrogen-bond donors (Lipinski definition) is 1. The maximum Gasteiger partial charge on any atom is 0.0948 e. The van der Waals surface area contributed by atoms with Gasteiger partial charge in [-0.25, -0.2) is 4.98 Å². The summed E-state index contributed by atoms with van der Waals surface area (Å²) in [5.41, 5.74) is 1.41. The number of hydrogen-bond acceptors (Lipinski definition) is 3. The normalized spacial score (nSPS) is 28.1. The monoisotopic (exact) mass is 262 g/mol. The third kappa shape index (κ3) is 2.84. The Kier molecular flexibility index (Phi) is 3.89. The summed E-state index contributed by atoms with van der Waals surface area (Å²) in [5, 5.41) is 3.71. The average Bonchev–Trinajstić information content (AvgIpc) is 3.02. The number of aromatic nitrogens is 2. The summed E-state index contributed by atoms with van der Waals surface area (Å²) in [4.78, 5) is 6.88. The highest BCUT2D eigenvalue weighted by atomic mass is 15.2. The molecule has 1 N–H and O–H groups in total. The second kappa shape index (κ2) is 5.63. The van der Waals surface area contributed by atoms with Crippen LogP contribution in [0.3, 0.4) is 0 Å². The van der Waals surface area contributed by atoms with Crippen LogP contribution in [-0.2, 0) is 6.54 Å². The van der Waals surface area contributed by atoms with E-state index in [2.05, 4.69) is 39.9 Å². The van der Waals surface area contributed by atoms with Crippen LogP contribution in [0.25, 0.3) is 0 Å². The number of nitrogens with zero attached hydrogens (tertiary/aromatic N) is 3. The van der Waals surface area contributed by atoms with Gasteiger partial charge in [0, 0.05) is 25.3 Å². The van der Waals surface area contributed by atoms with Crippen LogP contribution < -0.4 is 5.32 Å². The van der Waals surface area contributed by atoms with Crippen molar-refractivity contribution in [2.24, 2.45) is 5.92 Å². The zero-order valence-electron chi connectivity index (χ0n) is 12.2. The lowest BCUT2D eigenvalue weighted by Gasteiger charge is -2.26. The van der Waals surface area contributed by atoms with Gasteiger partial charge < -0.3 is 9.88 Å². The molecule has 2 atom stereocenters. The molecule has 0 amide bonds. The van der Waals surface area contributed by atoms with E-state index in [1.807, 2.05) is 6.33 Å². The molecule has 1 aliphatic heterocycles. The molecule has 2 aliphatic rings. The molecule has 2 fully saturated rings. The van der Waals surface area contributed by atoms with E-state index in [0.717, 1.165) is 25.0 Å².